The minimum absolute atomic E-state index is 0.00689. The molecule has 0 atom stereocenters. The van der Waals surface area contributed by atoms with Crippen molar-refractivity contribution in [3.05, 3.63) is 95.0 Å². The number of nitrogens with zero attached hydrogens (tertiary/aromatic N) is 3. The van der Waals surface area contributed by atoms with Crippen LogP contribution < -0.4 is 5.32 Å². The fraction of sp³-hybridized carbons (Fsp3) is 0.0455. The molecule has 1 heterocycles. The lowest BCUT2D eigenvalue weighted by Gasteiger charge is -2.06. The van der Waals surface area contributed by atoms with Crippen LogP contribution in [-0.4, -0.2) is 20.7 Å². The Morgan fingerprint density at radius 1 is 1.03 bits per heavy atom. The number of halogens is 2. The van der Waals surface area contributed by atoms with E-state index in [1.54, 1.807) is 28.9 Å². The van der Waals surface area contributed by atoms with E-state index in [0.29, 0.717) is 22.1 Å². The van der Waals surface area contributed by atoms with Crippen LogP contribution in [0.5, 0.6) is 0 Å². The number of carbonyl (C=O) groups excluding carboxylic acids is 1. The molecule has 0 spiro atoms. The van der Waals surface area contributed by atoms with Crippen LogP contribution >= 0.6 is 11.6 Å². The van der Waals surface area contributed by atoms with Crippen LogP contribution in [0.2, 0.25) is 5.02 Å². The van der Waals surface area contributed by atoms with Crippen molar-refractivity contribution in [2.24, 2.45) is 0 Å². The van der Waals surface area contributed by atoms with Gasteiger partial charge in [-0.15, -0.1) is 5.10 Å². The maximum atomic E-state index is 13.4. The number of hydrogen-bond acceptors (Lipinski definition) is 3. The Balaban J connectivity index is 1.75. The third kappa shape index (κ3) is 4.02. The summed E-state index contributed by atoms with van der Waals surface area (Å²) in [5.74, 6) is -0.390. The molecule has 29 heavy (non-hydrogen) atoms. The molecule has 1 N–H and O–H groups in total. The smallest absolute Gasteiger partial charge is 0.295 e. The molecule has 1 aromatic heterocycles. The van der Waals surface area contributed by atoms with E-state index in [0.717, 1.165) is 11.3 Å². The lowest BCUT2D eigenvalue weighted by atomic mass is 10.2. The number of nitrogens with one attached hydrogen (secondary N) is 1. The van der Waals surface area contributed by atoms with Gasteiger partial charge in [-0.05, 0) is 61.0 Å². The van der Waals surface area contributed by atoms with E-state index in [2.05, 4.69) is 15.4 Å². The quantitative estimate of drug-likeness (QED) is 0.501. The maximum Gasteiger partial charge on any atom is 0.295 e. The summed E-state index contributed by atoms with van der Waals surface area (Å²) in [4.78, 5) is 17.2. The van der Waals surface area contributed by atoms with E-state index in [1.165, 1.54) is 12.1 Å². The topological polar surface area (TPSA) is 59.8 Å². The van der Waals surface area contributed by atoms with Crippen LogP contribution in [0.4, 0.5) is 10.1 Å². The monoisotopic (exact) mass is 406 g/mol. The SMILES string of the molecule is Cc1ccc(Cl)cc1NC(=O)c1nc(-c2ccc(F)cc2)n(-c2ccccc2)n1. The first-order valence-electron chi connectivity index (χ1n) is 8.87. The molecule has 144 valence electrons. The Labute approximate surface area is 171 Å². The second-order valence-electron chi connectivity index (χ2n) is 6.43. The first kappa shape index (κ1) is 18.8. The average molecular weight is 407 g/mol. The van der Waals surface area contributed by atoms with Gasteiger partial charge in [0, 0.05) is 16.3 Å². The summed E-state index contributed by atoms with van der Waals surface area (Å²) in [6, 6.07) is 20.4. The number of benzene rings is 3. The predicted octanol–water partition coefficient (Wildman–Crippen LogP) is 5.29. The summed E-state index contributed by atoms with van der Waals surface area (Å²) in [7, 11) is 0. The van der Waals surface area contributed by atoms with Crippen molar-refractivity contribution in [1.29, 1.82) is 0 Å². The van der Waals surface area contributed by atoms with Crippen LogP contribution in [0.3, 0.4) is 0 Å². The van der Waals surface area contributed by atoms with Crippen molar-refractivity contribution in [3.63, 3.8) is 0 Å². The number of hydrogen-bond donors (Lipinski definition) is 1. The van der Waals surface area contributed by atoms with Gasteiger partial charge >= 0.3 is 0 Å². The molecule has 0 aliphatic heterocycles. The fourth-order valence-electron chi connectivity index (χ4n) is 2.85. The summed E-state index contributed by atoms with van der Waals surface area (Å²) in [5.41, 5.74) is 2.82. The number of para-hydroxylation sites is 1. The molecule has 7 heteroatoms. The van der Waals surface area contributed by atoms with E-state index in [4.69, 9.17) is 11.6 Å². The highest BCUT2D eigenvalue weighted by Crippen LogP contribution is 2.23. The molecule has 0 fully saturated rings. The molecule has 0 unspecified atom stereocenters. The summed E-state index contributed by atoms with van der Waals surface area (Å²) in [6.07, 6.45) is 0. The first-order chi connectivity index (χ1) is 14.0. The zero-order chi connectivity index (χ0) is 20.4. The Morgan fingerprint density at radius 2 is 1.76 bits per heavy atom. The molecule has 0 radical (unpaired) electrons. The Kier molecular flexibility index (Phi) is 5.10. The Bertz CT molecular complexity index is 1170. The van der Waals surface area contributed by atoms with E-state index in [1.807, 2.05) is 43.3 Å². The Hall–Kier alpha value is -3.51. The van der Waals surface area contributed by atoms with Gasteiger partial charge in [0.2, 0.25) is 5.82 Å². The van der Waals surface area contributed by atoms with Gasteiger partial charge in [-0.3, -0.25) is 4.79 Å². The number of anilines is 1. The summed E-state index contributed by atoms with van der Waals surface area (Å²) in [6.45, 7) is 1.87. The van der Waals surface area contributed by atoms with Crippen molar-refractivity contribution in [2.45, 2.75) is 6.92 Å². The summed E-state index contributed by atoms with van der Waals surface area (Å²) >= 11 is 6.03. The highest BCUT2D eigenvalue weighted by molar-refractivity contribution is 6.31. The van der Waals surface area contributed by atoms with Gasteiger partial charge in [0.25, 0.3) is 5.91 Å². The third-order valence-corrected chi connectivity index (χ3v) is 4.60. The minimum atomic E-state index is -0.464. The molecule has 4 rings (SSSR count). The zero-order valence-electron chi connectivity index (χ0n) is 15.4. The molecule has 0 bridgehead atoms. The molecule has 0 aliphatic carbocycles. The van der Waals surface area contributed by atoms with E-state index < -0.39 is 5.91 Å². The lowest BCUT2D eigenvalue weighted by molar-refractivity contribution is 0.101. The van der Waals surface area contributed by atoms with Crippen molar-refractivity contribution in [3.8, 4) is 17.1 Å². The van der Waals surface area contributed by atoms with Crippen LogP contribution in [0, 0.1) is 12.7 Å². The second kappa shape index (κ2) is 7.85. The molecule has 4 aromatic rings. The summed E-state index contributed by atoms with van der Waals surface area (Å²) in [5, 5.41) is 7.71. The third-order valence-electron chi connectivity index (χ3n) is 4.36. The number of aromatic nitrogens is 3. The lowest BCUT2D eigenvalue weighted by Crippen LogP contribution is -2.15. The largest absolute Gasteiger partial charge is 0.319 e. The van der Waals surface area contributed by atoms with Crippen LogP contribution in [0.15, 0.2) is 72.8 Å². The molecule has 0 aliphatic rings. The van der Waals surface area contributed by atoms with Gasteiger partial charge < -0.3 is 5.32 Å². The normalized spacial score (nSPS) is 10.7. The van der Waals surface area contributed by atoms with Gasteiger partial charge in [0.1, 0.15) is 5.82 Å². The molecule has 3 aromatic carbocycles. The maximum absolute atomic E-state index is 13.4. The minimum Gasteiger partial charge on any atom is -0.319 e. The highest BCUT2D eigenvalue weighted by atomic mass is 35.5. The van der Waals surface area contributed by atoms with Crippen LogP contribution in [0.25, 0.3) is 17.1 Å². The highest BCUT2D eigenvalue weighted by Gasteiger charge is 2.19. The average Bonchev–Trinajstić information content (AvgIpc) is 3.17. The molecular formula is C22H16ClFN4O. The first-order valence-corrected chi connectivity index (χ1v) is 9.25. The van der Waals surface area contributed by atoms with E-state index in [-0.39, 0.29) is 11.6 Å². The second-order valence-corrected chi connectivity index (χ2v) is 6.86. The number of amides is 1. The number of carbonyl (C=O) groups is 1. The van der Waals surface area contributed by atoms with Crippen LogP contribution in [-0.2, 0) is 0 Å². The van der Waals surface area contributed by atoms with E-state index >= 15 is 0 Å². The Morgan fingerprint density at radius 3 is 2.48 bits per heavy atom. The van der Waals surface area contributed by atoms with Crippen LogP contribution in [0.1, 0.15) is 16.2 Å². The van der Waals surface area contributed by atoms with E-state index in [9.17, 15) is 9.18 Å². The van der Waals surface area contributed by atoms with Crippen molar-refractivity contribution < 1.29 is 9.18 Å². The van der Waals surface area contributed by atoms with Gasteiger partial charge in [0.05, 0.1) is 5.69 Å². The number of rotatable bonds is 4. The van der Waals surface area contributed by atoms with Gasteiger partial charge in [0.15, 0.2) is 5.82 Å². The van der Waals surface area contributed by atoms with Crippen molar-refractivity contribution >= 4 is 23.2 Å². The molecule has 1 amide bonds. The molecule has 0 saturated carbocycles. The molecule has 0 saturated heterocycles. The molecular weight excluding hydrogens is 391 g/mol. The van der Waals surface area contributed by atoms with Crippen molar-refractivity contribution in [1.82, 2.24) is 14.8 Å². The van der Waals surface area contributed by atoms with Gasteiger partial charge in [-0.25, -0.2) is 14.1 Å². The fourth-order valence-corrected chi connectivity index (χ4v) is 3.02. The predicted molar refractivity (Wildman–Crippen MR) is 111 cm³/mol. The van der Waals surface area contributed by atoms with Crippen molar-refractivity contribution in [2.75, 3.05) is 5.32 Å². The zero-order valence-corrected chi connectivity index (χ0v) is 16.2. The standard InChI is InChI=1S/C22H16ClFN4O/c1-14-7-10-16(23)13-19(14)25-22(29)20-26-21(15-8-11-17(24)12-9-15)28(27-20)18-5-3-2-4-6-18/h2-13H,1H3,(H,25,29). The summed E-state index contributed by atoms with van der Waals surface area (Å²) < 4.78 is 14.9. The van der Waals surface area contributed by atoms with Gasteiger partial charge in [-0.1, -0.05) is 35.9 Å². The van der Waals surface area contributed by atoms with Gasteiger partial charge in [-0.2, -0.15) is 0 Å². The molecule has 5 nitrogen and oxygen atoms in total. The number of aryl methyl sites for hydroxylation is 1.